The summed E-state index contributed by atoms with van der Waals surface area (Å²) in [4.78, 5) is 22.1. The predicted molar refractivity (Wildman–Crippen MR) is 231 cm³/mol. The quantitative estimate of drug-likeness (QED) is 0.176. The Balaban J connectivity index is 1.14. The van der Waals surface area contributed by atoms with Crippen LogP contribution in [0.4, 0.5) is 0 Å². The maximum absolute atomic E-state index is 5.15. The Kier molecular flexibility index (Phi) is 7.83. The Hall–Kier alpha value is -6.95. The molecule has 1 aliphatic heterocycles. The van der Waals surface area contributed by atoms with Gasteiger partial charge in [0, 0.05) is 38.9 Å². The van der Waals surface area contributed by atoms with E-state index in [1.54, 1.807) is 0 Å². The van der Waals surface area contributed by atoms with E-state index in [0.717, 1.165) is 16.7 Å². The maximum atomic E-state index is 5.15. The Bertz CT molecular complexity index is 2890. The fourth-order valence-corrected chi connectivity index (χ4v) is 10.2. The highest BCUT2D eigenvalue weighted by Crippen LogP contribution is 2.63. The first kappa shape index (κ1) is 33.4. The summed E-state index contributed by atoms with van der Waals surface area (Å²) in [5, 5.41) is 0. The molecule has 3 heterocycles. The Morgan fingerprint density at radius 1 is 0.404 bits per heavy atom. The summed E-state index contributed by atoms with van der Waals surface area (Å²) in [5.41, 5.74) is 15.9. The third kappa shape index (κ3) is 5.31. The van der Waals surface area contributed by atoms with E-state index in [1.165, 1.54) is 71.0 Å². The molecule has 11 rings (SSSR count). The van der Waals surface area contributed by atoms with E-state index in [4.69, 9.17) is 15.0 Å². The highest BCUT2D eigenvalue weighted by Gasteiger charge is 2.50. The lowest BCUT2D eigenvalue weighted by Crippen LogP contribution is -2.32. The minimum Gasteiger partial charge on any atom is -0.264 e. The summed E-state index contributed by atoms with van der Waals surface area (Å²) < 4.78 is 0. The molecule has 2 aromatic heterocycles. The fourth-order valence-electron chi connectivity index (χ4n) is 8.86. The number of hydrogen-bond donors (Lipinski definition) is 0. The van der Waals surface area contributed by atoms with Gasteiger partial charge in [0.25, 0.3) is 0 Å². The number of rotatable bonds is 5. The third-order valence-electron chi connectivity index (χ3n) is 11.5. The lowest BCUT2D eigenvalue weighted by atomic mass is 9.66. The molecule has 1 aliphatic carbocycles. The molecule has 268 valence electrons. The summed E-state index contributed by atoms with van der Waals surface area (Å²) in [7, 11) is 0. The van der Waals surface area contributed by atoms with Crippen LogP contribution >= 0.6 is 11.8 Å². The number of fused-ring (bicyclic) bond motifs is 9. The molecule has 5 heteroatoms. The Morgan fingerprint density at radius 2 is 0.912 bits per heavy atom. The van der Waals surface area contributed by atoms with Gasteiger partial charge in [-0.1, -0.05) is 169 Å². The molecule has 0 fully saturated rings. The molecule has 0 saturated carbocycles. The number of aromatic nitrogens is 4. The fraction of sp³-hybridized carbons (Fsp3) is 0.0385. The van der Waals surface area contributed by atoms with Crippen molar-refractivity contribution in [2.75, 3.05) is 0 Å². The van der Waals surface area contributed by atoms with E-state index in [1.807, 2.05) is 60.6 Å². The number of benzene rings is 7. The van der Waals surface area contributed by atoms with Gasteiger partial charge in [0.05, 0.1) is 5.41 Å². The van der Waals surface area contributed by atoms with Crippen LogP contribution in [0.3, 0.4) is 0 Å². The zero-order valence-corrected chi connectivity index (χ0v) is 31.9. The van der Waals surface area contributed by atoms with Gasteiger partial charge in [0.15, 0.2) is 17.5 Å². The number of hydrogen-bond acceptors (Lipinski definition) is 5. The zero-order valence-electron chi connectivity index (χ0n) is 31.1. The van der Waals surface area contributed by atoms with Gasteiger partial charge in [-0.15, -0.1) is 0 Å². The zero-order chi connectivity index (χ0) is 37.9. The lowest BCUT2D eigenvalue weighted by molar-refractivity contribution is 0.723. The van der Waals surface area contributed by atoms with Crippen molar-refractivity contribution in [1.82, 2.24) is 19.9 Å². The van der Waals surface area contributed by atoms with Crippen LogP contribution < -0.4 is 0 Å². The van der Waals surface area contributed by atoms with E-state index >= 15 is 0 Å². The molecule has 0 amide bonds. The first-order valence-corrected chi connectivity index (χ1v) is 20.0. The van der Waals surface area contributed by atoms with Gasteiger partial charge in [-0.3, -0.25) is 4.98 Å². The van der Waals surface area contributed by atoms with Gasteiger partial charge < -0.3 is 0 Å². The summed E-state index contributed by atoms with van der Waals surface area (Å²) in [6.07, 6.45) is 3.80. The predicted octanol–water partition coefficient (Wildman–Crippen LogP) is 12.7. The van der Waals surface area contributed by atoms with Crippen LogP contribution in [0.2, 0.25) is 0 Å². The van der Waals surface area contributed by atoms with Crippen molar-refractivity contribution in [3.63, 3.8) is 0 Å². The molecule has 0 saturated heterocycles. The number of nitrogens with zero attached hydrogens (tertiary/aromatic N) is 4. The molecule has 0 radical (unpaired) electrons. The number of pyridine rings is 1. The van der Waals surface area contributed by atoms with Gasteiger partial charge in [-0.2, -0.15) is 0 Å². The molecule has 0 unspecified atom stereocenters. The highest BCUT2D eigenvalue weighted by molar-refractivity contribution is 7.99. The van der Waals surface area contributed by atoms with E-state index in [2.05, 4.69) is 151 Å². The van der Waals surface area contributed by atoms with Gasteiger partial charge in [0.1, 0.15) is 0 Å². The van der Waals surface area contributed by atoms with Crippen molar-refractivity contribution >= 4 is 11.8 Å². The van der Waals surface area contributed by atoms with Gasteiger partial charge in [-0.25, -0.2) is 15.0 Å². The number of aryl methyl sites for hydroxylation is 1. The monoisotopic (exact) mass is 746 g/mol. The molecule has 57 heavy (non-hydrogen) atoms. The van der Waals surface area contributed by atoms with E-state index in [-0.39, 0.29) is 0 Å². The van der Waals surface area contributed by atoms with E-state index < -0.39 is 5.41 Å². The van der Waals surface area contributed by atoms with E-state index in [0.29, 0.717) is 17.5 Å². The SMILES string of the molecule is Cc1cnccc1-c1ccc(-c2cccc3c2Sc2ccc(-c4nc(-c5ccccc5)nc(-c5ccccc5)n4)cc2C32c3ccccc3-c3ccccc32)cc1. The lowest BCUT2D eigenvalue weighted by Gasteiger charge is -2.40. The normalized spacial score (nSPS) is 13.1. The Morgan fingerprint density at radius 3 is 1.53 bits per heavy atom. The summed E-state index contributed by atoms with van der Waals surface area (Å²) in [6.45, 7) is 2.12. The average Bonchev–Trinajstić information content (AvgIpc) is 3.57. The second kappa shape index (κ2) is 13.4. The molecule has 7 aromatic carbocycles. The third-order valence-corrected chi connectivity index (χ3v) is 12.7. The van der Waals surface area contributed by atoms with Crippen molar-refractivity contribution in [2.45, 2.75) is 22.1 Å². The van der Waals surface area contributed by atoms with Crippen molar-refractivity contribution < 1.29 is 0 Å². The van der Waals surface area contributed by atoms with Gasteiger partial charge >= 0.3 is 0 Å². The summed E-state index contributed by atoms with van der Waals surface area (Å²) in [6, 6.07) is 63.0. The Labute approximate surface area is 336 Å². The summed E-state index contributed by atoms with van der Waals surface area (Å²) >= 11 is 1.86. The standard InChI is InChI=1S/C52H34N4S/c1-33-32-53-30-29-39(33)34-23-25-35(26-24-34)40-19-12-22-45-48(40)57-47-28-27-38(31-46(47)52(45)43-20-10-8-17-41(43)42-18-9-11-21-44(42)52)51-55-49(36-13-4-2-5-14-36)54-50(56-51)37-15-6-3-7-16-37/h2-32H,1H3. The first-order valence-electron chi connectivity index (χ1n) is 19.2. The average molecular weight is 747 g/mol. The van der Waals surface area contributed by atoms with Crippen LogP contribution in [-0.4, -0.2) is 19.9 Å². The molecule has 0 atom stereocenters. The minimum absolute atomic E-state index is 0.569. The smallest absolute Gasteiger partial charge is 0.164 e. The van der Waals surface area contributed by atoms with Crippen LogP contribution in [0.1, 0.15) is 27.8 Å². The first-order chi connectivity index (χ1) is 28.2. The molecular weight excluding hydrogens is 713 g/mol. The molecule has 4 nitrogen and oxygen atoms in total. The molecule has 9 aromatic rings. The van der Waals surface area contributed by atoms with Crippen molar-refractivity contribution in [1.29, 1.82) is 0 Å². The van der Waals surface area contributed by atoms with Crippen LogP contribution in [-0.2, 0) is 5.41 Å². The summed E-state index contributed by atoms with van der Waals surface area (Å²) in [5.74, 6) is 1.95. The molecular formula is C52H34N4S. The minimum atomic E-state index is -0.569. The van der Waals surface area contributed by atoms with Crippen LogP contribution in [0.15, 0.2) is 198 Å². The van der Waals surface area contributed by atoms with Crippen LogP contribution in [0.25, 0.3) is 67.5 Å². The van der Waals surface area contributed by atoms with Gasteiger partial charge in [0.2, 0.25) is 0 Å². The second-order valence-corrected chi connectivity index (χ2v) is 15.7. The maximum Gasteiger partial charge on any atom is 0.164 e. The van der Waals surface area contributed by atoms with Crippen LogP contribution in [0.5, 0.6) is 0 Å². The van der Waals surface area contributed by atoms with Crippen LogP contribution in [0, 0.1) is 6.92 Å². The molecule has 0 N–H and O–H groups in total. The molecule has 2 aliphatic rings. The van der Waals surface area contributed by atoms with Crippen molar-refractivity contribution in [3.8, 4) is 67.5 Å². The van der Waals surface area contributed by atoms with Crippen molar-refractivity contribution in [3.05, 3.63) is 216 Å². The van der Waals surface area contributed by atoms with E-state index in [9.17, 15) is 0 Å². The molecule has 0 bridgehead atoms. The van der Waals surface area contributed by atoms with Gasteiger partial charge in [-0.05, 0) is 86.3 Å². The second-order valence-electron chi connectivity index (χ2n) is 14.6. The molecule has 1 spiro atoms. The highest BCUT2D eigenvalue weighted by atomic mass is 32.2. The van der Waals surface area contributed by atoms with Crippen molar-refractivity contribution in [2.24, 2.45) is 0 Å². The topological polar surface area (TPSA) is 51.6 Å². The largest absolute Gasteiger partial charge is 0.264 e.